The number of hydrogen-bond donors (Lipinski definition) is 1. The van der Waals surface area contributed by atoms with Gasteiger partial charge in [-0.1, -0.05) is 13.8 Å². The lowest BCUT2D eigenvalue weighted by atomic mass is 9.99. The summed E-state index contributed by atoms with van der Waals surface area (Å²) in [5, 5.41) is 2.88. The highest BCUT2D eigenvalue weighted by molar-refractivity contribution is 5.87. The van der Waals surface area contributed by atoms with Crippen molar-refractivity contribution < 1.29 is 9.18 Å². The number of carbonyl (C=O) groups is 1. The number of rotatable bonds is 4. The summed E-state index contributed by atoms with van der Waals surface area (Å²) in [5.41, 5.74) is 2.33. The van der Waals surface area contributed by atoms with E-state index in [1.807, 2.05) is 13.8 Å². The number of nitrogens with zero attached hydrogens (tertiary/aromatic N) is 2. The van der Waals surface area contributed by atoms with Crippen LogP contribution in [0, 0.1) is 5.82 Å². The SMILES string of the molecule is CNc1nc(-c2ccc(F)cc2)c(C=O)c(C(C)C)n1. The molecular weight excluding hydrogens is 257 g/mol. The summed E-state index contributed by atoms with van der Waals surface area (Å²) >= 11 is 0. The van der Waals surface area contributed by atoms with Crippen LogP contribution in [0.15, 0.2) is 24.3 Å². The third kappa shape index (κ3) is 2.66. The Morgan fingerprint density at radius 3 is 2.35 bits per heavy atom. The molecule has 1 aromatic heterocycles. The molecule has 0 fully saturated rings. The Morgan fingerprint density at radius 2 is 1.85 bits per heavy atom. The molecule has 1 aromatic carbocycles. The molecule has 0 radical (unpaired) electrons. The number of halogens is 1. The maximum absolute atomic E-state index is 13.0. The molecule has 1 N–H and O–H groups in total. The van der Waals surface area contributed by atoms with Crippen LogP contribution in [0.5, 0.6) is 0 Å². The molecule has 5 heteroatoms. The lowest BCUT2D eigenvalue weighted by molar-refractivity contribution is 0.112. The molecule has 0 saturated heterocycles. The van der Waals surface area contributed by atoms with E-state index in [2.05, 4.69) is 15.3 Å². The molecule has 0 aliphatic heterocycles. The zero-order valence-electron chi connectivity index (χ0n) is 11.6. The second-order valence-electron chi connectivity index (χ2n) is 4.72. The van der Waals surface area contributed by atoms with Gasteiger partial charge in [-0.2, -0.15) is 0 Å². The summed E-state index contributed by atoms with van der Waals surface area (Å²) in [4.78, 5) is 20.1. The minimum Gasteiger partial charge on any atom is -0.357 e. The molecule has 0 aliphatic rings. The average Bonchev–Trinajstić information content (AvgIpc) is 2.46. The number of nitrogens with one attached hydrogen (secondary N) is 1. The van der Waals surface area contributed by atoms with E-state index in [0.717, 1.165) is 6.29 Å². The van der Waals surface area contributed by atoms with Gasteiger partial charge in [-0.15, -0.1) is 0 Å². The number of aromatic nitrogens is 2. The zero-order valence-corrected chi connectivity index (χ0v) is 11.6. The Bertz CT molecular complexity index is 624. The molecule has 2 aromatic rings. The third-order valence-corrected chi connectivity index (χ3v) is 2.98. The van der Waals surface area contributed by atoms with Crippen LogP contribution in [0.2, 0.25) is 0 Å². The highest BCUT2D eigenvalue weighted by Crippen LogP contribution is 2.27. The lowest BCUT2D eigenvalue weighted by Crippen LogP contribution is -2.08. The molecule has 0 aliphatic carbocycles. The first-order valence-corrected chi connectivity index (χ1v) is 6.37. The predicted molar refractivity (Wildman–Crippen MR) is 76.4 cm³/mol. The number of benzene rings is 1. The number of carbonyl (C=O) groups excluding carboxylic acids is 1. The fourth-order valence-corrected chi connectivity index (χ4v) is 1.98. The normalized spacial score (nSPS) is 10.7. The smallest absolute Gasteiger partial charge is 0.223 e. The number of anilines is 1. The van der Waals surface area contributed by atoms with Crippen molar-refractivity contribution in [2.75, 3.05) is 12.4 Å². The molecule has 0 saturated carbocycles. The largest absolute Gasteiger partial charge is 0.357 e. The van der Waals surface area contributed by atoms with E-state index < -0.39 is 0 Å². The van der Waals surface area contributed by atoms with Crippen molar-refractivity contribution >= 4 is 12.2 Å². The van der Waals surface area contributed by atoms with Crippen molar-refractivity contribution in [3.05, 3.63) is 41.3 Å². The van der Waals surface area contributed by atoms with E-state index in [1.165, 1.54) is 12.1 Å². The fourth-order valence-electron chi connectivity index (χ4n) is 1.98. The van der Waals surface area contributed by atoms with Gasteiger partial charge in [0.2, 0.25) is 5.95 Å². The first-order valence-electron chi connectivity index (χ1n) is 6.37. The van der Waals surface area contributed by atoms with E-state index in [1.54, 1.807) is 19.2 Å². The summed E-state index contributed by atoms with van der Waals surface area (Å²) in [6.07, 6.45) is 0.757. The monoisotopic (exact) mass is 273 g/mol. The van der Waals surface area contributed by atoms with Gasteiger partial charge >= 0.3 is 0 Å². The number of aldehydes is 1. The van der Waals surface area contributed by atoms with Gasteiger partial charge in [0.15, 0.2) is 6.29 Å². The van der Waals surface area contributed by atoms with Crippen molar-refractivity contribution in [3.8, 4) is 11.3 Å². The van der Waals surface area contributed by atoms with Crippen LogP contribution in [-0.2, 0) is 0 Å². The minimum atomic E-state index is -0.326. The fraction of sp³-hybridized carbons (Fsp3) is 0.267. The van der Waals surface area contributed by atoms with Gasteiger partial charge in [-0.25, -0.2) is 14.4 Å². The van der Waals surface area contributed by atoms with Crippen LogP contribution in [0.4, 0.5) is 10.3 Å². The molecule has 0 amide bonds. The van der Waals surface area contributed by atoms with Crippen LogP contribution in [0.25, 0.3) is 11.3 Å². The molecule has 20 heavy (non-hydrogen) atoms. The minimum absolute atomic E-state index is 0.0875. The van der Waals surface area contributed by atoms with Crippen LogP contribution in [0.3, 0.4) is 0 Å². The van der Waals surface area contributed by atoms with Gasteiger partial charge < -0.3 is 5.32 Å². The molecular formula is C15H16FN3O. The predicted octanol–water partition coefficient (Wildman–Crippen LogP) is 3.26. The lowest BCUT2D eigenvalue weighted by Gasteiger charge is -2.14. The third-order valence-electron chi connectivity index (χ3n) is 2.98. The first-order chi connectivity index (χ1) is 9.56. The van der Waals surface area contributed by atoms with Gasteiger partial charge in [0, 0.05) is 12.6 Å². The Labute approximate surface area is 117 Å². The van der Waals surface area contributed by atoms with E-state index >= 15 is 0 Å². The number of hydrogen-bond acceptors (Lipinski definition) is 4. The van der Waals surface area contributed by atoms with E-state index in [4.69, 9.17) is 0 Å². The molecule has 0 bridgehead atoms. The molecule has 1 heterocycles. The summed E-state index contributed by atoms with van der Waals surface area (Å²) in [6, 6.07) is 5.91. The second-order valence-corrected chi connectivity index (χ2v) is 4.72. The summed E-state index contributed by atoms with van der Waals surface area (Å²) in [6.45, 7) is 3.92. The molecule has 0 spiro atoms. The Hall–Kier alpha value is -2.30. The van der Waals surface area contributed by atoms with E-state index in [9.17, 15) is 9.18 Å². The standard InChI is InChI=1S/C15H16FN3O/c1-9(2)13-12(8-20)14(19-15(17-3)18-13)10-4-6-11(16)7-5-10/h4-9H,1-3H3,(H,17,18,19). The van der Waals surface area contributed by atoms with Crippen molar-refractivity contribution in [1.82, 2.24) is 9.97 Å². The van der Waals surface area contributed by atoms with Crippen molar-refractivity contribution in [2.45, 2.75) is 19.8 Å². The van der Waals surface area contributed by atoms with Gasteiger partial charge in [-0.05, 0) is 30.2 Å². The maximum atomic E-state index is 13.0. The quantitative estimate of drug-likeness (QED) is 0.869. The highest BCUT2D eigenvalue weighted by atomic mass is 19.1. The van der Waals surface area contributed by atoms with Gasteiger partial charge in [0.05, 0.1) is 17.0 Å². The average molecular weight is 273 g/mol. The van der Waals surface area contributed by atoms with Crippen molar-refractivity contribution in [1.29, 1.82) is 0 Å². The summed E-state index contributed by atoms with van der Waals surface area (Å²) in [5.74, 6) is 0.205. The second kappa shape index (κ2) is 5.77. The Balaban J connectivity index is 2.69. The van der Waals surface area contributed by atoms with Crippen LogP contribution >= 0.6 is 0 Å². The summed E-state index contributed by atoms with van der Waals surface area (Å²) in [7, 11) is 1.72. The highest BCUT2D eigenvalue weighted by Gasteiger charge is 2.17. The molecule has 0 atom stereocenters. The molecule has 0 unspecified atom stereocenters. The molecule has 4 nitrogen and oxygen atoms in total. The van der Waals surface area contributed by atoms with Crippen molar-refractivity contribution in [2.24, 2.45) is 0 Å². The van der Waals surface area contributed by atoms with Gasteiger partial charge in [-0.3, -0.25) is 4.79 Å². The van der Waals surface area contributed by atoms with Crippen LogP contribution < -0.4 is 5.32 Å². The Kier molecular flexibility index (Phi) is 4.08. The van der Waals surface area contributed by atoms with Crippen molar-refractivity contribution in [3.63, 3.8) is 0 Å². The summed E-state index contributed by atoms with van der Waals surface area (Å²) < 4.78 is 13.0. The molecule has 2 rings (SSSR count). The maximum Gasteiger partial charge on any atom is 0.223 e. The van der Waals surface area contributed by atoms with Crippen LogP contribution in [0.1, 0.15) is 35.8 Å². The van der Waals surface area contributed by atoms with E-state index in [0.29, 0.717) is 28.5 Å². The zero-order chi connectivity index (χ0) is 14.7. The van der Waals surface area contributed by atoms with Gasteiger partial charge in [0.1, 0.15) is 5.82 Å². The topological polar surface area (TPSA) is 54.9 Å². The van der Waals surface area contributed by atoms with Crippen LogP contribution in [-0.4, -0.2) is 23.3 Å². The van der Waals surface area contributed by atoms with E-state index in [-0.39, 0.29) is 11.7 Å². The first kappa shape index (κ1) is 14.1. The molecule has 104 valence electrons. The Morgan fingerprint density at radius 1 is 1.20 bits per heavy atom. The van der Waals surface area contributed by atoms with Gasteiger partial charge in [0.25, 0.3) is 0 Å².